The lowest BCUT2D eigenvalue weighted by Gasteiger charge is -2.39. The highest BCUT2D eigenvalue weighted by Gasteiger charge is 2.31. The summed E-state index contributed by atoms with van der Waals surface area (Å²) < 4.78 is 5.78. The molecule has 1 aliphatic heterocycles. The Bertz CT molecular complexity index is 392. The topological polar surface area (TPSA) is 38.5 Å². The maximum Gasteiger partial charge on any atom is 0.0894 e. The Morgan fingerprint density at radius 2 is 2.18 bits per heavy atom. The first-order chi connectivity index (χ1) is 8.13. The minimum Gasteiger partial charge on any atom is -0.374 e. The van der Waals surface area contributed by atoms with Crippen LogP contribution in [0.25, 0.3) is 0 Å². The van der Waals surface area contributed by atoms with Crippen LogP contribution in [0.3, 0.4) is 0 Å². The molecular formula is C14H22N2O. The number of nitrogens with two attached hydrogens (primary N) is 1. The number of nitrogens with zero attached hydrogens (tertiary/aromatic N) is 1. The van der Waals surface area contributed by atoms with Crippen LogP contribution in [-0.2, 0) is 4.74 Å². The van der Waals surface area contributed by atoms with Gasteiger partial charge in [0.2, 0.25) is 0 Å². The van der Waals surface area contributed by atoms with Crippen LogP contribution in [0.4, 0.5) is 0 Å². The molecule has 0 aliphatic carbocycles. The molecule has 3 nitrogen and oxygen atoms in total. The molecule has 1 heterocycles. The van der Waals surface area contributed by atoms with Crippen molar-refractivity contribution >= 4 is 0 Å². The van der Waals surface area contributed by atoms with Crippen molar-refractivity contribution in [3.8, 4) is 0 Å². The minimum absolute atomic E-state index is 0.107. The van der Waals surface area contributed by atoms with Gasteiger partial charge in [0.15, 0.2) is 0 Å². The van der Waals surface area contributed by atoms with Gasteiger partial charge in [-0.2, -0.15) is 0 Å². The molecule has 17 heavy (non-hydrogen) atoms. The van der Waals surface area contributed by atoms with Gasteiger partial charge in [-0.1, -0.05) is 23.8 Å². The maximum absolute atomic E-state index is 5.82. The Hall–Kier alpha value is -0.900. The summed E-state index contributed by atoms with van der Waals surface area (Å²) in [4.78, 5) is 2.35. The van der Waals surface area contributed by atoms with Gasteiger partial charge in [-0.15, -0.1) is 0 Å². The first-order valence-corrected chi connectivity index (χ1v) is 6.22. The molecule has 1 fully saturated rings. The van der Waals surface area contributed by atoms with Crippen molar-refractivity contribution < 1.29 is 4.74 Å². The van der Waals surface area contributed by atoms with Gasteiger partial charge in [0.1, 0.15) is 0 Å². The lowest BCUT2D eigenvalue weighted by molar-refractivity contribution is -0.0578. The van der Waals surface area contributed by atoms with E-state index in [1.54, 1.807) is 0 Å². The van der Waals surface area contributed by atoms with Crippen LogP contribution in [-0.4, -0.2) is 37.7 Å². The van der Waals surface area contributed by atoms with Crippen molar-refractivity contribution in [1.29, 1.82) is 0 Å². The molecule has 0 saturated carbocycles. The number of ether oxygens (including phenoxy) is 1. The van der Waals surface area contributed by atoms with Crippen molar-refractivity contribution in [2.75, 3.05) is 26.7 Å². The van der Waals surface area contributed by atoms with Gasteiger partial charge in [0.25, 0.3) is 0 Å². The molecule has 3 heteroatoms. The summed E-state index contributed by atoms with van der Waals surface area (Å²) in [6, 6.07) is 6.89. The highest BCUT2D eigenvalue weighted by molar-refractivity contribution is 5.33. The SMILES string of the molecule is Cc1ccc(C2C(CN)OCCN2C)c(C)c1. The van der Waals surface area contributed by atoms with Crippen LogP contribution in [0, 0.1) is 13.8 Å². The molecule has 1 aromatic carbocycles. The van der Waals surface area contributed by atoms with Gasteiger partial charge in [-0.25, -0.2) is 0 Å². The lowest BCUT2D eigenvalue weighted by Crippen LogP contribution is -2.46. The van der Waals surface area contributed by atoms with Gasteiger partial charge in [-0.05, 0) is 32.0 Å². The highest BCUT2D eigenvalue weighted by Crippen LogP contribution is 2.30. The maximum atomic E-state index is 5.82. The van der Waals surface area contributed by atoms with E-state index in [1.807, 2.05) is 0 Å². The fourth-order valence-electron chi connectivity index (χ4n) is 2.65. The van der Waals surface area contributed by atoms with E-state index in [0.717, 1.165) is 13.2 Å². The normalized spacial score (nSPS) is 26.1. The van der Waals surface area contributed by atoms with Crippen molar-refractivity contribution in [2.24, 2.45) is 5.73 Å². The third-order valence-electron chi connectivity index (χ3n) is 3.58. The summed E-state index contributed by atoms with van der Waals surface area (Å²) >= 11 is 0. The zero-order valence-electron chi connectivity index (χ0n) is 10.9. The second kappa shape index (κ2) is 5.17. The van der Waals surface area contributed by atoms with Crippen LogP contribution in [0.1, 0.15) is 22.7 Å². The summed E-state index contributed by atoms with van der Waals surface area (Å²) in [7, 11) is 2.15. The van der Waals surface area contributed by atoms with E-state index in [1.165, 1.54) is 16.7 Å². The number of aryl methyl sites for hydroxylation is 2. The molecule has 94 valence electrons. The standard InChI is InChI=1S/C14H22N2O/c1-10-4-5-12(11(2)8-10)14-13(9-15)17-7-6-16(14)3/h4-5,8,13-14H,6-7,9,15H2,1-3H3. The lowest BCUT2D eigenvalue weighted by atomic mass is 9.93. The molecule has 2 atom stereocenters. The van der Waals surface area contributed by atoms with E-state index in [9.17, 15) is 0 Å². The molecule has 0 spiro atoms. The molecule has 2 rings (SSSR count). The largest absolute Gasteiger partial charge is 0.374 e. The van der Waals surface area contributed by atoms with Gasteiger partial charge in [0.05, 0.1) is 18.8 Å². The fourth-order valence-corrected chi connectivity index (χ4v) is 2.65. The van der Waals surface area contributed by atoms with Gasteiger partial charge >= 0.3 is 0 Å². The first kappa shape index (κ1) is 12.6. The number of rotatable bonds is 2. The van der Waals surface area contributed by atoms with E-state index in [2.05, 4.69) is 44.0 Å². The minimum atomic E-state index is 0.107. The van der Waals surface area contributed by atoms with Crippen molar-refractivity contribution in [3.63, 3.8) is 0 Å². The Morgan fingerprint density at radius 3 is 2.82 bits per heavy atom. The van der Waals surface area contributed by atoms with E-state index >= 15 is 0 Å². The molecule has 0 aromatic heterocycles. The zero-order valence-corrected chi connectivity index (χ0v) is 10.9. The summed E-state index contributed by atoms with van der Waals surface area (Å²) in [5.74, 6) is 0. The summed E-state index contributed by atoms with van der Waals surface area (Å²) in [6.45, 7) is 6.60. The van der Waals surface area contributed by atoms with E-state index < -0.39 is 0 Å². The summed E-state index contributed by atoms with van der Waals surface area (Å²) in [5, 5.41) is 0. The number of benzene rings is 1. The molecule has 2 unspecified atom stereocenters. The smallest absolute Gasteiger partial charge is 0.0894 e. The Kier molecular flexibility index (Phi) is 3.82. The molecule has 0 radical (unpaired) electrons. The molecule has 0 bridgehead atoms. The van der Waals surface area contributed by atoms with E-state index in [-0.39, 0.29) is 12.1 Å². The quantitative estimate of drug-likeness (QED) is 0.845. The average molecular weight is 234 g/mol. The monoisotopic (exact) mass is 234 g/mol. The van der Waals surface area contributed by atoms with Crippen molar-refractivity contribution in [3.05, 3.63) is 34.9 Å². The van der Waals surface area contributed by atoms with Crippen LogP contribution in [0.2, 0.25) is 0 Å². The predicted octanol–water partition coefficient (Wildman–Crippen LogP) is 1.63. The number of likely N-dealkylation sites (N-methyl/N-ethyl adjacent to an activating group) is 1. The fraction of sp³-hybridized carbons (Fsp3) is 0.571. The average Bonchev–Trinajstić information content (AvgIpc) is 2.30. The van der Waals surface area contributed by atoms with Gasteiger partial charge in [0, 0.05) is 13.1 Å². The summed E-state index contributed by atoms with van der Waals surface area (Å²) in [5.41, 5.74) is 9.79. The van der Waals surface area contributed by atoms with Gasteiger partial charge in [-0.3, -0.25) is 4.90 Å². The molecule has 0 amide bonds. The number of hydrogen-bond acceptors (Lipinski definition) is 3. The van der Waals surface area contributed by atoms with Crippen LogP contribution in [0.5, 0.6) is 0 Å². The first-order valence-electron chi connectivity index (χ1n) is 6.22. The Balaban J connectivity index is 2.34. The Morgan fingerprint density at radius 1 is 1.41 bits per heavy atom. The second-order valence-electron chi connectivity index (χ2n) is 4.93. The molecular weight excluding hydrogens is 212 g/mol. The van der Waals surface area contributed by atoms with E-state index in [4.69, 9.17) is 10.5 Å². The number of morpholine rings is 1. The second-order valence-corrected chi connectivity index (χ2v) is 4.93. The van der Waals surface area contributed by atoms with Crippen LogP contribution < -0.4 is 5.73 Å². The van der Waals surface area contributed by atoms with Gasteiger partial charge < -0.3 is 10.5 Å². The Labute approximate surface area is 104 Å². The third kappa shape index (κ3) is 2.51. The van der Waals surface area contributed by atoms with Crippen molar-refractivity contribution in [2.45, 2.75) is 26.0 Å². The van der Waals surface area contributed by atoms with Crippen LogP contribution in [0.15, 0.2) is 18.2 Å². The predicted molar refractivity (Wildman–Crippen MR) is 70.1 cm³/mol. The number of hydrogen-bond donors (Lipinski definition) is 1. The molecule has 1 aliphatic rings. The van der Waals surface area contributed by atoms with Crippen molar-refractivity contribution in [1.82, 2.24) is 4.90 Å². The third-order valence-corrected chi connectivity index (χ3v) is 3.58. The zero-order chi connectivity index (χ0) is 12.4. The molecule has 2 N–H and O–H groups in total. The molecule has 1 saturated heterocycles. The summed E-state index contributed by atoms with van der Waals surface area (Å²) in [6.07, 6.45) is 0.107. The molecule has 1 aromatic rings. The van der Waals surface area contributed by atoms with E-state index in [0.29, 0.717) is 6.54 Å². The highest BCUT2D eigenvalue weighted by atomic mass is 16.5. The van der Waals surface area contributed by atoms with Crippen LogP contribution >= 0.6 is 0 Å².